The maximum atomic E-state index is 12.4. The molecule has 2 N–H and O–H groups in total. The number of hydrogen-bond donors (Lipinski definition) is 2. The summed E-state index contributed by atoms with van der Waals surface area (Å²) in [7, 11) is -2.28. The lowest BCUT2D eigenvalue weighted by Crippen LogP contribution is -2.50. The highest BCUT2D eigenvalue weighted by molar-refractivity contribution is 6.98. The van der Waals surface area contributed by atoms with Gasteiger partial charge in [-0.15, -0.1) is 0 Å². The quantitative estimate of drug-likeness (QED) is 0.440. The van der Waals surface area contributed by atoms with Crippen molar-refractivity contribution >= 4 is 42.2 Å². The van der Waals surface area contributed by atoms with Crippen LogP contribution in [0.2, 0.25) is 13.1 Å². The molecule has 3 aliphatic heterocycles. The maximum Gasteiger partial charge on any atom is 0.336 e. The van der Waals surface area contributed by atoms with Crippen LogP contribution in [-0.4, -0.2) is 93.1 Å². The third kappa shape index (κ3) is 4.53. The number of morpholine rings is 2. The second-order valence-electron chi connectivity index (χ2n) is 11.0. The van der Waals surface area contributed by atoms with E-state index in [1.54, 1.807) is 0 Å². The van der Waals surface area contributed by atoms with E-state index in [0.717, 1.165) is 54.3 Å². The molecular weight excluding hydrogens is 524 g/mol. The van der Waals surface area contributed by atoms with E-state index in [2.05, 4.69) is 59.0 Å². The summed E-state index contributed by atoms with van der Waals surface area (Å²) in [5.41, 5.74) is 5.58. The van der Waals surface area contributed by atoms with Crippen LogP contribution in [0, 0.1) is 0 Å². The number of benzene rings is 2. The molecule has 0 radical (unpaired) electrons. The van der Waals surface area contributed by atoms with Crippen molar-refractivity contribution in [2.75, 3.05) is 57.5 Å². The number of carbonyl (C=O) groups is 2. The normalized spacial score (nSPS) is 20.1. The van der Waals surface area contributed by atoms with Crippen LogP contribution in [0.3, 0.4) is 0 Å². The Kier molecular flexibility index (Phi) is 6.81. The average Bonchev–Trinajstić information content (AvgIpc) is 2.98. The number of nitrogens with zero attached hydrogens (tertiary/aromatic N) is 2. The molecule has 0 amide bonds. The molecule has 0 saturated carbocycles. The number of hydrogen-bond acceptors (Lipinski definition) is 5. The van der Waals surface area contributed by atoms with Gasteiger partial charge in [-0.2, -0.15) is 0 Å². The van der Waals surface area contributed by atoms with Gasteiger partial charge in [-0.1, -0.05) is 19.2 Å². The summed E-state index contributed by atoms with van der Waals surface area (Å²) >= 11 is 0. The smallest absolute Gasteiger partial charge is 0.336 e. The zero-order valence-electron chi connectivity index (χ0n) is 22.8. The van der Waals surface area contributed by atoms with Gasteiger partial charge in [0, 0.05) is 30.9 Å². The largest absolute Gasteiger partial charge is 0.478 e. The minimum atomic E-state index is -2.28. The first-order valence-corrected chi connectivity index (χ1v) is 16.7. The number of carboxylic acids is 2. The minimum absolute atomic E-state index is 0.0625. The number of allylic oxidation sites excluding steroid dienone is 5. The maximum absolute atomic E-state index is 12.4. The Morgan fingerprint density at radius 1 is 0.875 bits per heavy atom. The SMILES string of the molecule is C[Si]1(C)C2=CC(=[N+]3CCOCC3)C=CC2=C(c2cc(C(=O)O)ccc2C(=O)O)c2ccc(N3CCOCC3)cc21. The van der Waals surface area contributed by atoms with Crippen molar-refractivity contribution < 1.29 is 33.9 Å². The molecule has 0 spiro atoms. The predicted octanol–water partition coefficient (Wildman–Crippen LogP) is 3.17. The van der Waals surface area contributed by atoms with E-state index in [1.807, 2.05) is 0 Å². The lowest BCUT2D eigenvalue weighted by atomic mass is 9.86. The number of carboxylic acid groups (broad SMARTS) is 2. The Hall–Kier alpha value is -3.79. The third-order valence-electron chi connectivity index (χ3n) is 8.41. The number of fused-ring (bicyclic) bond motifs is 2. The Morgan fingerprint density at radius 3 is 2.30 bits per heavy atom. The molecule has 0 bridgehead atoms. The Labute approximate surface area is 234 Å². The van der Waals surface area contributed by atoms with E-state index in [4.69, 9.17) is 9.47 Å². The second-order valence-corrected chi connectivity index (χ2v) is 15.4. The Morgan fingerprint density at radius 2 is 1.60 bits per heavy atom. The molecule has 0 atom stereocenters. The van der Waals surface area contributed by atoms with Crippen LogP contribution in [0.25, 0.3) is 5.57 Å². The predicted molar refractivity (Wildman–Crippen MR) is 156 cm³/mol. The highest BCUT2D eigenvalue weighted by Gasteiger charge is 2.41. The van der Waals surface area contributed by atoms with E-state index in [-0.39, 0.29) is 11.1 Å². The fraction of sp³-hybridized carbons (Fsp3) is 0.323. The molecule has 2 saturated heterocycles. The van der Waals surface area contributed by atoms with Crippen molar-refractivity contribution in [3.63, 3.8) is 0 Å². The standard InChI is InChI=1S/C31H32N2O6Si/c1-40(2)27-18-21(32-9-13-38-14-10-32)4-7-24(27)29(26-17-20(30(34)35)3-6-23(26)31(36)37)25-8-5-22(19-28(25)40)33-11-15-39-16-12-33/h3-8,17-19H,9-16H2,1-2H3,(H-,34,35,36,37)/p+1. The first-order chi connectivity index (χ1) is 19.3. The lowest BCUT2D eigenvalue weighted by molar-refractivity contribution is -0.547. The van der Waals surface area contributed by atoms with Gasteiger partial charge >= 0.3 is 11.9 Å². The van der Waals surface area contributed by atoms with Crippen molar-refractivity contribution in [1.29, 1.82) is 0 Å². The zero-order valence-corrected chi connectivity index (χ0v) is 23.8. The van der Waals surface area contributed by atoms with Crippen LogP contribution >= 0.6 is 0 Å². The van der Waals surface area contributed by atoms with Crippen molar-refractivity contribution in [2.45, 2.75) is 13.1 Å². The van der Waals surface area contributed by atoms with Gasteiger partial charge in [0.15, 0.2) is 18.8 Å². The summed E-state index contributed by atoms with van der Waals surface area (Å²) in [6.45, 7) is 10.7. The topological polar surface area (TPSA) is 99.3 Å². The van der Waals surface area contributed by atoms with E-state index in [1.165, 1.54) is 28.6 Å². The lowest BCUT2D eigenvalue weighted by Gasteiger charge is -2.39. The fourth-order valence-corrected chi connectivity index (χ4v) is 9.29. The van der Waals surface area contributed by atoms with Crippen LogP contribution in [0.1, 0.15) is 31.8 Å². The molecule has 6 rings (SSSR count). The van der Waals surface area contributed by atoms with Gasteiger partial charge in [0.05, 0.1) is 24.3 Å². The van der Waals surface area contributed by atoms with E-state index >= 15 is 0 Å². The summed E-state index contributed by atoms with van der Waals surface area (Å²) in [6.07, 6.45) is 6.48. The highest BCUT2D eigenvalue weighted by atomic mass is 28.3. The summed E-state index contributed by atoms with van der Waals surface area (Å²) in [5.74, 6) is -2.17. The van der Waals surface area contributed by atoms with Crippen LogP contribution in [0.4, 0.5) is 5.69 Å². The van der Waals surface area contributed by atoms with E-state index in [9.17, 15) is 19.8 Å². The summed E-state index contributed by atoms with van der Waals surface area (Å²) < 4.78 is 13.5. The number of rotatable bonds is 4. The molecule has 0 aromatic heterocycles. The van der Waals surface area contributed by atoms with Crippen molar-refractivity contribution in [3.05, 3.63) is 87.6 Å². The molecule has 0 unspecified atom stereocenters. The third-order valence-corrected chi connectivity index (χ3v) is 11.9. The van der Waals surface area contributed by atoms with Gasteiger partial charge < -0.3 is 24.6 Å². The van der Waals surface area contributed by atoms with Gasteiger partial charge in [-0.25, -0.2) is 14.2 Å². The molecule has 4 aliphatic rings. The monoisotopic (exact) mass is 557 g/mol. The van der Waals surface area contributed by atoms with Crippen molar-refractivity contribution in [1.82, 2.24) is 0 Å². The fourth-order valence-electron chi connectivity index (χ4n) is 6.22. The van der Waals surface area contributed by atoms with Crippen LogP contribution < -0.4 is 10.1 Å². The first-order valence-electron chi connectivity index (χ1n) is 13.7. The molecule has 1 aliphatic carbocycles. The molecule has 206 valence electrons. The number of aromatic carboxylic acids is 2. The molecule has 8 nitrogen and oxygen atoms in total. The Balaban J connectivity index is 1.63. The van der Waals surface area contributed by atoms with Crippen LogP contribution in [0.5, 0.6) is 0 Å². The molecule has 2 aromatic rings. The second kappa shape index (κ2) is 10.3. The zero-order chi connectivity index (χ0) is 28.0. The molecule has 2 aromatic carbocycles. The van der Waals surface area contributed by atoms with Gasteiger partial charge in [0.2, 0.25) is 0 Å². The molecule has 2 fully saturated rings. The van der Waals surface area contributed by atoms with Gasteiger partial charge in [0.25, 0.3) is 0 Å². The van der Waals surface area contributed by atoms with Gasteiger partial charge in [0.1, 0.15) is 21.3 Å². The van der Waals surface area contributed by atoms with Gasteiger partial charge in [-0.05, 0) is 69.1 Å². The van der Waals surface area contributed by atoms with Crippen LogP contribution in [0.15, 0.2) is 65.4 Å². The molecule has 3 heterocycles. The molecule has 9 heteroatoms. The average molecular weight is 558 g/mol. The first kappa shape index (κ1) is 26.4. The Bertz CT molecular complexity index is 1540. The summed E-state index contributed by atoms with van der Waals surface area (Å²) in [4.78, 5) is 26.7. The minimum Gasteiger partial charge on any atom is -0.478 e. The molecule has 40 heavy (non-hydrogen) atoms. The van der Waals surface area contributed by atoms with Crippen LogP contribution in [-0.2, 0) is 9.47 Å². The van der Waals surface area contributed by atoms with E-state index in [0.29, 0.717) is 32.0 Å². The van der Waals surface area contributed by atoms with Gasteiger partial charge in [-0.3, -0.25) is 0 Å². The van der Waals surface area contributed by atoms with E-state index < -0.39 is 20.0 Å². The van der Waals surface area contributed by atoms with Crippen molar-refractivity contribution in [3.8, 4) is 0 Å². The van der Waals surface area contributed by atoms with Crippen molar-refractivity contribution in [2.24, 2.45) is 0 Å². The highest BCUT2D eigenvalue weighted by Crippen LogP contribution is 2.43. The number of ether oxygens (including phenoxy) is 2. The summed E-state index contributed by atoms with van der Waals surface area (Å²) in [6, 6.07) is 10.8. The number of anilines is 1. The summed E-state index contributed by atoms with van der Waals surface area (Å²) in [5, 5.41) is 22.4. The molecular formula is C31H33N2O6Si+.